The minimum Gasteiger partial charge on any atom is -0.309 e. The topological polar surface area (TPSA) is 17.1 Å². The zero-order valence-electron chi connectivity index (χ0n) is 12.2. The van der Waals surface area contributed by atoms with Crippen LogP contribution in [-0.4, -0.2) is 0 Å². The third-order valence-corrected chi connectivity index (χ3v) is 6.26. The second kappa shape index (κ2) is 6.60. The summed E-state index contributed by atoms with van der Waals surface area (Å²) in [4.78, 5) is 0. The van der Waals surface area contributed by atoms with E-state index in [1.54, 1.807) is 0 Å². The number of hydrogen-bond donors (Lipinski definition) is 0. The molecule has 0 aromatic heterocycles. The molecule has 0 aliphatic carbocycles. The Morgan fingerprint density at radius 2 is 1.00 bits per heavy atom. The van der Waals surface area contributed by atoms with Crippen LogP contribution < -0.4 is 10.6 Å². The minimum atomic E-state index is -2.77. The standard InChI is InChI=1S/C20H17OP/c21-22(19-12-6-2-7-13-19,20-14-8-3-9-15-20)17-16-18-10-4-1-5-11-18/h1-17H. The van der Waals surface area contributed by atoms with E-state index in [1.807, 2.05) is 103 Å². The molecule has 0 saturated heterocycles. The van der Waals surface area contributed by atoms with Gasteiger partial charge in [-0.25, -0.2) is 0 Å². The van der Waals surface area contributed by atoms with Gasteiger partial charge in [-0.15, -0.1) is 0 Å². The average molecular weight is 304 g/mol. The van der Waals surface area contributed by atoms with Crippen molar-refractivity contribution in [1.29, 1.82) is 0 Å². The van der Waals surface area contributed by atoms with Crippen molar-refractivity contribution in [1.82, 2.24) is 0 Å². The van der Waals surface area contributed by atoms with Crippen LogP contribution in [0.3, 0.4) is 0 Å². The molecule has 0 bridgehead atoms. The molecule has 0 fully saturated rings. The monoisotopic (exact) mass is 304 g/mol. The van der Waals surface area contributed by atoms with E-state index in [9.17, 15) is 4.57 Å². The summed E-state index contributed by atoms with van der Waals surface area (Å²) in [5, 5.41) is 1.71. The third-order valence-electron chi connectivity index (χ3n) is 3.56. The maximum absolute atomic E-state index is 13.7. The van der Waals surface area contributed by atoms with Crippen molar-refractivity contribution in [3.63, 3.8) is 0 Å². The van der Waals surface area contributed by atoms with E-state index in [0.717, 1.165) is 16.2 Å². The second-order valence-corrected chi connectivity index (χ2v) is 7.70. The fourth-order valence-electron chi connectivity index (χ4n) is 2.38. The van der Waals surface area contributed by atoms with Crippen LogP contribution in [0.15, 0.2) is 96.8 Å². The van der Waals surface area contributed by atoms with Gasteiger partial charge in [-0.05, 0) is 11.4 Å². The van der Waals surface area contributed by atoms with Crippen LogP contribution in [0.2, 0.25) is 0 Å². The molecule has 22 heavy (non-hydrogen) atoms. The number of rotatable bonds is 4. The van der Waals surface area contributed by atoms with Crippen LogP contribution in [-0.2, 0) is 4.57 Å². The van der Waals surface area contributed by atoms with E-state index in [4.69, 9.17) is 0 Å². The highest BCUT2D eigenvalue weighted by molar-refractivity contribution is 7.81. The van der Waals surface area contributed by atoms with Crippen LogP contribution in [0.5, 0.6) is 0 Å². The third kappa shape index (κ3) is 3.10. The Kier molecular flexibility index (Phi) is 4.37. The lowest BCUT2D eigenvalue weighted by Gasteiger charge is -2.15. The molecule has 0 spiro atoms. The molecule has 3 rings (SSSR count). The Labute approximate surface area is 131 Å². The van der Waals surface area contributed by atoms with Crippen molar-refractivity contribution in [3.05, 3.63) is 102 Å². The SMILES string of the molecule is O=P(C=Cc1ccccc1)(c1ccccc1)c1ccccc1. The number of benzene rings is 3. The fraction of sp³-hybridized carbons (Fsp3) is 0. The van der Waals surface area contributed by atoms with E-state index in [-0.39, 0.29) is 0 Å². The van der Waals surface area contributed by atoms with Crippen LogP contribution >= 0.6 is 7.14 Å². The van der Waals surface area contributed by atoms with Crippen LogP contribution in [0.4, 0.5) is 0 Å². The first kappa shape index (κ1) is 14.6. The van der Waals surface area contributed by atoms with Crippen molar-refractivity contribution in [2.45, 2.75) is 0 Å². The zero-order chi connectivity index (χ0) is 15.3. The van der Waals surface area contributed by atoms with Gasteiger partial charge in [0.25, 0.3) is 0 Å². The van der Waals surface area contributed by atoms with Crippen molar-refractivity contribution in [2.24, 2.45) is 0 Å². The first-order valence-electron chi connectivity index (χ1n) is 7.24. The van der Waals surface area contributed by atoms with Crippen molar-refractivity contribution in [3.8, 4) is 0 Å². The van der Waals surface area contributed by atoms with Gasteiger partial charge in [-0.3, -0.25) is 0 Å². The summed E-state index contributed by atoms with van der Waals surface area (Å²) in [6, 6.07) is 29.3. The quantitative estimate of drug-likeness (QED) is 0.640. The Bertz CT molecular complexity index is 749. The van der Waals surface area contributed by atoms with Gasteiger partial charge < -0.3 is 4.57 Å². The van der Waals surface area contributed by atoms with Gasteiger partial charge in [0, 0.05) is 10.6 Å². The highest BCUT2D eigenvalue weighted by atomic mass is 31.2. The summed E-state index contributed by atoms with van der Waals surface area (Å²) in [6.45, 7) is 0. The molecule has 3 aromatic rings. The molecule has 0 heterocycles. The fourth-order valence-corrected chi connectivity index (χ4v) is 4.63. The molecule has 108 valence electrons. The average Bonchev–Trinajstić information content (AvgIpc) is 2.62. The molecule has 1 nitrogen and oxygen atoms in total. The zero-order valence-corrected chi connectivity index (χ0v) is 13.1. The normalized spacial score (nSPS) is 11.6. The maximum Gasteiger partial charge on any atom is 0.164 e. The molecule has 0 N–H and O–H groups in total. The van der Waals surface area contributed by atoms with E-state index in [1.165, 1.54) is 0 Å². The molecule has 0 aliphatic heterocycles. The maximum atomic E-state index is 13.7. The Morgan fingerprint density at radius 1 is 0.591 bits per heavy atom. The molecular weight excluding hydrogens is 287 g/mol. The molecule has 0 saturated carbocycles. The van der Waals surface area contributed by atoms with Crippen LogP contribution in [0.25, 0.3) is 6.08 Å². The van der Waals surface area contributed by atoms with Gasteiger partial charge in [0.05, 0.1) is 0 Å². The molecule has 0 atom stereocenters. The predicted octanol–water partition coefficient (Wildman–Crippen LogP) is 4.67. The van der Waals surface area contributed by atoms with Gasteiger partial charge in [0.1, 0.15) is 0 Å². The van der Waals surface area contributed by atoms with Gasteiger partial charge >= 0.3 is 0 Å². The lowest BCUT2D eigenvalue weighted by Crippen LogP contribution is -2.13. The van der Waals surface area contributed by atoms with Gasteiger partial charge in [-0.1, -0.05) is 97.1 Å². The van der Waals surface area contributed by atoms with Gasteiger partial charge in [0.15, 0.2) is 7.14 Å². The summed E-state index contributed by atoms with van der Waals surface area (Å²) in [6.07, 6.45) is 1.95. The largest absolute Gasteiger partial charge is 0.309 e. The molecule has 0 unspecified atom stereocenters. The molecule has 0 aliphatic rings. The highest BCUT2D eigenvalue weighted by Gasteiger charge is 2.23. The first-order chi connectivity index (χ1) is 10.8. The predicted molar refractivity (Wildman–Crippen MR) is 95.2 cm³/mol. The smallest absolute Gasteiger partial charge is 0.164 e. The summed E-state index contributed by atoms with van der Waals surface area (Å²) in [5.74, 6) is 1.85. The molecular formula is C20H17OP. The van der Waals surface area contributed by atoms with Crippen molar-refractivity contribution in [2.75, 3.05) is 0 Å². The van der Waals surface area contributed by atoms with Crippen molar-refractivity contribution < 1.29 is 4.57 Å². The Balaban J connectivity index is 2.09. The lowest BCUT2D eigenvalue weighted by molar-refractivity contribution is 0.592. The molecule has 0 radical (unpaired) electrons. The summed E-state index contributed by atoms with van der Waals surface area (Å²) in [7, 11) is -2.77. The van der Waals surface area contributed by atoms with E-state index < -0.39 is 7.14 Å². The van der Waals surface area contributed by atoms with E-state index >= 15 is 0 Å². The van der Waals surface area contributed by atoms with Crippen molar-refractivity contribution >= 4 is 23.8 Å². The van der Waals surface area contributed by atoms with Gasteiger partial charge in [0.2, 0.25) is 0 Å². The molecule has 3 aromatic carbocycles. The molecule has 0 amide bonds. The second-order valence-electron chi connectivity index (χ2n) is 5.06. The first-order valence-corrected chi connectivity index (χ1v) is 9.02. The van der Waals surface area contributed by atoms with Crippen LogP contribution in [0.1, 0.15) is 5.56 Å². The lowest BCUT2D eigenvalue weighted by atomic mass is 10.2. The highest BCUT2D eigenvalue weighted by Crippen LogP contribution is 2.45. The number of hydrogen-bond acceptors (Lipinski definition) is 1. The van der Waals surface area contributed by atoms with E-state index in [0.29, 0.717) is 0 Å². The van der Waals surface area contributed by atoms with Crippen LogP contribution in [0, 0.1) is 0 Å². The molecule has 2 heteroatoms. The summed E-state index contributed by atoms with van der Waals surface area (Å²) >= 11 is 0. The summed E-state index contributed by atoms with van der Waals surface area (Å²) < 4.78 is 13.7. The van der Waals surface area contributed by atoms with Gasteiger partial charge in [-0.2, -0.15) is 0 Å². The van der Waals surface area contributed by atoms with E-state index in [2.05, 4.69) is 0 Å². The summed E-state index contributed by atoms with van der Waals surface area (Å²) in [5.41, 5.74) is 1.05. The Morgan fingerprint density at radius 3 is 1.45 bits per heavy atom. The minimum absolute atomic E-state index is 0.855. The Hall–Kier alpha value is -2.37.